The third kappa shape index (κ3) is 1.86. The van der Waals surface area contributed by atoms with E-state index in [9.17, 15) is 0 Å². The van der Waals surface area contributed by atoms with Crippen molar-refractivity contribution < 1.29 is 5.11 Å². The van der Waals surface area contributed by atoms with Crippen LogP contribution in [0.5, 0.6) is 0 Å². The number of aliphatic hydroxyl groups excluding tert-OH is 1. The topological polar surface area (TPSA) is 33.1 Å². The van der Waals surface area contributed by atoms with Gasteiger partial charge in [-0.25, -0.2) is 4.98 Å². The third-order valence-corrected chi connectivity index (χ3v) is 2.97. The van der Waals surface area contributed by atoms with Gasteiger partial charge in [0.1, 0.15) is 5.01 Å². The summed E-state index contributed by atoms with van der Waals surface area (Å²) in [7, 11) is 2.04. The highest BCUT2D eigenvalue weighted by Crippen LogP contribution is 2.20. The van der Waals surface area contributed by atoms with Gasteiger partial charge in [-0.15, -0.1) is 11.3 Å². The van der Waals surface area contributed by atoms with E-state index in [1.165, 1.54) is 4.78 Å². The van der Waals surface area contributed by atoms with Crippen molar-refractivity contribution in [2.75, 3.05) is 0 Å². The van der Waals surface area contributed by atoms with Crippen LogP contribution in [0.1, 0.15) is 5.56 Å². The van der Waals surface area contributed by atoms with Gasteiger partial charge < -0.3 is 5.11 Å². The first-order valence-electron chi connectivity index (χ1n) is 4.42. The third-order valence-electron chi connectivity index (χ3n) is 2.00. The molecule has 2 aromatic rings. The van der Waals surface area contributed by atoms with Gasteiger partial charge >= 0.3 is 0 Å². The SMILES string of the molecule is Bc1cnc(-c2ccc(CO)cc2)s1. The number of nitrogens with zero attached hydrogens (tertiary/aromatic N) is 1. The Hall–Kier alpha value is -1.13. The predicted octanol–water partition coefficient (Wildman–Crippen LogP) is 0.561. The molecule has 0 bridgehead atoms. The Morgan fingerprint density at radius 1 is 1.29 bits per heavy atom. The lowest BCUT2D eigenvalue weighted by atomic mass is 10.1. The summed E-state index contributed by atoms with van der Waals surface area (Å²) in [5, 5.41) is 9.92. The van der Waals surface area contributed by atoms with E-state index < -0.39 is 0 Å². The summed E-state index contributed by atoms with van der Waals surface area (Å²) >= 11 is 1.68. The van der Waals surface area contributed by atoms with Crippen LogP contribution >= 0.6 is 11.3 Å². The number of rotatable bonds is 2. The van der Waals surface area contributed by atoms with Crippen molar-refractivity contribution in [2.45, 2.75) is 6.61 Å². The van der Waals surface area contributed by atoms with Crippen LogP contribution in [0.3, 0.4) is 0 Å². The second-order valence-corrected chi connectivity index (χ2v) is 4.37. The van der Waals surface area contributed by atoms with Gasteiger partial charge in [0.25, 0.3) is 0 Å². The van der Waals surface area contributed by atoms with Crippen LogP contribution in [-0.4, -0.2) is 17.9 Å². The quantitative estimate of drug-likeness (QED) is 0.723. The molecular formula is C10H10BNOS. The Morgan fingerprint density at radius 3 is 2.50 bits per heavy atom. The molecule has 1 aromatic heterocycles. The minimum atomic E-state index is 0.0944. The normalized spacial score (nSPS) is 10.4. The van der Waals surface area contributed by atoms with Crippen molar-refractivity contribution in [1.82, 2.24) is 4.98 Å². The molecular weight excluding hydrogens is 193 g/mol. The molecule has 14 heavy (non-hydrogen) atoms. The number of aromatic nitrogens is 1. The number of thiazole rings is 1. The Morgan fingerprint density at radius 2 is 2.00 bits per heavy atom. The molecule has 0 aliphatic heterocycles. The zero-order valence-corrected chi connectivity index (χ0v) is 8.71. The second kappa shape index (κ2) is 3.94. The largest absolute Gasteiger partial charge is 0.392 e. The molecule has 4 heteroatoms. The molecule has 2 nitrogen and oxygen atoms in total. The zero-order chi connectivity index (χ0) is 9.97. The first-order chi connectivity index (χ1) is 6.79. The summed E-state index contributed by atoms with van der Waals surface area (Å²) in [6.07, 6.45) is 1.87. The first kappa shape index (κ1) is 9.43. The molecule has 0 aliphatic carbocycles. The van der Waals surface area contributed by atoms with Crippen molar-refractivity contribution in [1.29, 1.82) is 0 Å². The van der Waals surface area contributed by atoms with Crippen LogP contribution in [0.25, 0.3) is 10.6 Å². The van der Waals surface area contributed by atoms with Crippen molar-refractivity contribution in [3.05, 3.63) is 36.0 Å². The van der Waals surface area contributed by atoms with E-state index in [2.05, 4.69) is 4.98 Å². The predicted molar refractivity (Wildman–Crippen MR) is 61.7 cm³/mol. The summed E-state index contributed by atoms with van der Waals surface area (Å²) in [6, 6.07) is 7.83. The summed E-state index contributed by atoms with van der Waals surface area (Å²) in [5.74, 6) is 0. The van der Waals surface area contributed by atoms with Gasteiger partial charge in [-0.1, -0.05) is 24.3 Å². The number of aliphatic hydroxyl groups is 1. The first-order valence-corrected chi connectivity index (χ1v) is 5.24. The van der Waals surface area contributed by atoms with Gasteiger partial charge in [-0.3, -0.25) is 0 Å². The van der Waals surface area contributed by atoms with Crippen LogP contribution in [0.4, 0.5) is 0 Å². The van der Waals surface area contributed by atoms with Crippen LogP contribution in [0.15, 0.2) is 30.5 Å². The highest BCUT2D eigenvalue weighted by atomic mass is 32.1. The molecule has 1 aromatic carbocycles. The van der Waals surface area contributed by atoms with Crippen molar-refractivity contribution >= 4 is 24.0 Å². The monoisotopic (exact) mass is 203 g/mol. The fraction of sp³-hybridized carbons (Fsp3) is 0.100. The maximum atomic E-state index is 8.89. The van der Waals surface area contributed by atoms with Crippen LogP contribution in [-0.2, 0) is 6.61 Å². The molecule has 0 radical (unpaired) electrons. The molecule has 0 spiro atoms. The average molecular weight is 203 g/mol. The molecule has 1 N–H and O–H groups in total. The van der Waals surface area contributed by atoms with Crippen LogP contribution in [0, 0.1) is 0 Å². The smallest absolute Gasteiger partial charge is 0.154 e. The number of benzene rings is 1. The Labute approximate surface area is 87.7 Å². The van der Waals surface area contributed by atoms with Crippen molar-refractivity contribution in [2.24, 2.45) is 0 Å². The number of hydrogen-bond acceptors (Lipinski definition) is 3. The van der Waals surface area contributed by atoms with Crippen LogP contribution in [0.2, 0.25) is 0 Å². The average Bonchev–Trinajstić information content (AvgIpc) is 2.65. The van der Waals surface area contributed by atoms with E-state index in [4.69, 9.17) is 5.11 Å². The zero-order valence-electron chi connectivity index (χ0n) is 7.90. The van der Waals surface area contributed by atoms with E-state index in [0.29, 0.717) is 0 Å². The lowest BCUT2D eigenvalue weighted by Gasteiger charge is -1.98. The lowest BCUT2D eigenvalue weighted by Crippen LogP contribution is -1.89. The minimum Gasteiger partial charge on any atom is -0.392 e. The molecule has 0 unspecified atom stereocenters. The summed E-state index contributed by atoms with van der Waals surface area (Å²) in [5.41, 5.74) is 2.04. The minimum absolute atomic E-state index is 0.0944. The molecule has 0 amide bonds. The molecule has 0 atom stereocenters. The fourth-order valence-electron chi connectivity index (χ4n) is 1.24. The lowest BCUT2D eigenvalue weighted by molar-refractivity contribution is 0.282. The highest BCUT2D eigenvalue weighted by Gasteiger charge is 2.01. The van der Waals surface area contributed by atoms with Gasteiger partial charge in [0.2, 0.25) is 0 Å². The molecule has 2 rings (SSSR count). The summed E-state index contributed by atoms with van der Waals surface area (Å²) in [6.45, 7) is 0.0944. The molecule has 0 aliphatic rings. The van der Waals surface area contributed by atoms with E-state index in [0.717, 1.165) is 16.1 Å². The highest BCUT2D eigenvalue weighted by molar-refractivity contribution is 7.22. The van der Waals surface area contributed by atoms with E-state index in [1.807, 2.05) is 38.3 Å². The summed E-state index contributed by atoms with van der Waals surface area (Å²) < 4.78 is 1.21. The van der Waals surface area contributed by atoms with Gasteiger partial charge in [0, 0.05) is 11.8 Å². The van der Waals surface area contributed by atoms with Gasteiger partial charge in [0.15, 0.2) is 7.85 Å². The maximum Gasteiger partial charge on any atom is 0.154 e. The van der Waals surface area contributed by atoms with Crippen molar-refractivity contribution in [3.63, 3.8) is 0 Å². The fourth-order valence-corrected chi connectivity index (χ4v) is 2.01. The van der Waals surface area contributed by atoms with E-state index in [-0.39, 0.29) is 6.61 Å². The molecule has 0 saturated carbocycles. The second-order valence-electron chi connectivity index (χ2n) is 3.13. The van der Waals surface area contributed by atoms with Gasteiger partial charge in [-0.05, 0) is 10.3 Å². The van der Waals surface area contributed by atoms with E-state index >= 15 is 0 Å². The summed E-state index contributed by atoms with van der Waals surface area (Å²) in [4.78, 5) is 4.30. The Bertz CT molecular complexity index is 424. The molecule has 0 fully saturated rings. The van der Waals surface area contributed by atoms with Gasteiger partial charge in [-0.2, -0.15) is 0 Å². The molecule has 0 saturated heterocycles. The van der Waals surface area contributed by atoms with Crippen LogP contribution < -0.4 is 4.78 Å². The standard InChI is InChI=1S/C10H10BNOS/c11-9-5-12-10(14-9)8-3-1-7(6-13)2-4-8/h1-5,13H,6,11H2. The van der Waals surface area contributed by atoms with E-state index in [1.54, 1.807) is 11.3 Å². The number of hydrogen-bond donors (Lipinski definition) is 1. The Balaban J connectivity index is 2.33. The maximum absolute atomic E-state index is 8.89. The van der Waals surface area contributed by atoms with Crippen molar-refractivity contribution in [3.8, 4) is 10.6 Å². The molecule has 70 valence electrons. The molecule has 1 heterocycles. The van der Waals surface area contributed by atoms with Gasteiger partial charge in [0.05, 0.1) is 6.61 Å². The Kier molecular flexibility index (Phi) is 2.66.